The van der Waals surface area contributed by atoms with Crippen LogP contribution in [0.5, 0.6) is 0 Å². The van der Waals surface area contributed by atoms with E-state index in [1.54, 1.807) is 18.9 Å². The summed E-state index contributed by atoms with van der Waals surface area (Å²) in [5.74, 6) is 0.681. The fourth-order valence-electron chi connectivity index (χ4n) is 2.68. The number of hydrogen-bond donors (Lipinski definition) is 0. The molecule has 0 aromatic rings. The van der Waals surface area contributed by atoms with Gasteiger partial charge in [-0.05, 0) is 12.8 Å². The van der Waals surface area contributed by atoms with Crippen molar-refractivity contribution >= 4 is 11.7 Å². The first kappa shape index (κ1) is 23.4. The van der Waals surface area contributed by atoms with Gasteiger partial charge in [0.2, 0.25) is 5.91 Å². The van der Waals surface area contributed by atoms with Gasteiger partial charge >= 0.3 is 0 Å². The highest BCUT2D eigenvalue weighted by Crippen LogP contribution is 2.25. The van der Waals surface area contributed by atoms with Gasteiger partial charge in [0, 0.05) is 39.0 Å². The lowest BCUT2D eigenvalue weighted by Crippen LogP contribution is -2.47. The molecule has 0 radical (unpaired) electrons. The molecule has 0 heterocycles. The third-order valence-corrected chi connectivity index (χ3v) is 3.78. The molecule has 1 amide bonds. The van der Waals surface area contributed by atoms with E-state index in [1.165, 1.54) is 6.42 Å². The Morgan fingerprint density at radius 3 is 1.95 bits per heavy atom. The molecule has 4 nitrogen and oxygen atoms in total. The molecular formula is C18H37NO3. The summed E-state index contributed by atoms with van der Waals surface area (Å²) in [4.78, 5) is 25.2. The number of Topliss-reactive ketones (excluding diaryl/α,β-unsaturated/α-hetero) is 1. The summed E-state index contributed by atoms with van der Waals surface area (Å²) in [5, 5.41) is 0. The van der Waals surface area contributed by atoms with Crippen LogP contribution in [0, 0.1) is 11.8 Å². The van der Waals surface area contributed by atoms with Crippen LogP contribution < -0.4 is 0 Å². The highest BCUT2D eigenvalue weighted by molar-refractivity contribution is 5.77. The van der Waals surface area contributed by atoms with Gasteiger partial charge in [0.25, 0.3) is 0 Å². The summed E-state index contributed by atoms with van der Waals surface area (Å²) < 4.78 is 5.25. The Labute approximate surface area is 137 Å². The molecule has 0 aliphatic heterocycles. The van der Waals surface area contributed by atoms with Crippen molar-refractivity contribution in [2.45, 2.75) is 73.3 Å². The summed E-state index contributed by atoms with van der Waals surface area (Å²) in [6.07, 6.45) is 3.18. The maximum atomic E-state index is 12.0. The molecule has 22 heavy (non-hydrogen) atoms. The third-order valence-electron chi connectivity index (χ3n) is 3.78. The Bertz CT molecular complexity index is 305. The first-order valence-corrected chi connectivity index (χ1v) is 8.54. The first-order chi connectivity index (χ1) is 10.3. The maximum Gasteiger partial charge on any atom is 0.222 e. The summed E-state index contributed by atoms with van der Waals surface area (Å²) in [6, 6.07) is 0.0568. The molecule has 0 aromatic heterocycles. The minimum atomic E-state index is 0.0568. The Balaban J connectivity index is 0. The second kappa shape index (κ2) is 13.7. The SMILES string of the molecule is CCC.CCC(=O)N(C)C(C(C)CC)C(COC)CC(C)=O. The zero-order valence-corrected chi connectivity index (χ0v) is 15.9. The van der Waals surface area contributed by atoms with Crippen LogP contribution in [0.4, 0.5) is 0 Å². The lowest BCUT2D eigenvalue weighted by atomic mass is 9.84. The Kier molecular flexibility index (Phi) is 14.6. The summed E-state index contributed by atoms with van der Waals surface area (Å²) >= 11 is 0. The number of nitrogens with zero attached hydrogens (tertiary/aromatic N) is 1. The van der Waals surface area contributed by atoms with Gasteiger partial charge in [0.05, 0.1) is 6.61 Å². The van der Waals surface area contributed by atoms with Crippen LogP contribution in [0.15, 0.2) is 0 Å². The number of methoxy groups -OCH3 is 1. The second-order valence-electron chi connectivity index (χ2n) is 6.06. The van der Waals surface area contributed by atoms with Crippen molar-refractivity contribution in [3.05, 3.63) is 0 Å². The van der Waals surface area contributed by atoms with E-state index in [4.69, 9.17) is 4.74 Å². The van der Waals surface area contributed by atoms with Crippen molar-refractivity contribution < 1.29 is 14.3 Å². The Hall–Kier alpha value is -0.900. The summed E-state index contributed by atoms with van der Waals surface area (Å²) in [5.41, 5.74) is 0. The predicted octanol–water partition coefficient (Wildman–Crippen LogP) is 3.93. The van der Waals surface area contributed by atoms with Crippen LogP contribution >= 0.6 is 0 Å². The Morgan fingerprint density at radius 1 is 1.14 bits per heavy atom. The van der Waals surface area contributed by atoms with Gasteiger partial charge in [-0.1, -0.05) is 47.5 Å². The van der Waals surface area contributed by atoms with Crippen molar-refractivity contribution in [1.29, 1.82) is 0 Å². The largest absolute Gasteiger partial charge is 0.384 e. The normalized spacial score (nSPS) is 14.4. The molecule has 0 spiro atoms. The van der Waals surface area contributed by atoms with Crippen molar-refractivity contribution in [3.63, 3.8) is 0 Å². The number of rotatable bonds is 9. The van der Waals surface area contributed by atoms with E-state index in [1.807, 2.05) is 14.0 Å². The summed E-state index contributed by atoms with van der Waals surface area (Å²) in [6.45, 7) is 12.5. The van der Waals surface area contributed by atoms with Gasteiger partial charge in [-0.3, -0.25) is 4.79 Å². The third kappa shape index (κ3) is 9.19. The molecule has 0 bridgehead atoms. The van der Waals surface area contributed by atoms with Crippen molar-refractivity contribution in [2.24, 2.45) is 11.8 Å². The van der Waals surface area contributed by atoms with Gasteiger partial charge in [0.15, 0.2) is 0 Å². The molecule has 0 aromatic carbocycles. The predicted molar refractivity (Wildman–Crippen MR) is 92.9 cm³/mol. The molecule has 3 unspecified atom stereocenters. The van der Waals surface area contributed by atoms with Crippen molar-refractivity contribution in [3.8, 4) is 0 Å². The lowest BCUT2D eigenvalue weighted by molar-refractivity contribution is -0.135. The van der Waals surface area contributed by atoms with Gasteiger partial charge in [-0.2, -0.15) is 0 Å². The van der Waals surface area contributed by atoms with Crippen molar-refractivity contribution in [2.75, 3.05) is 20.8 Å². The quantitative estimate of drug-likeness (QED) is 0.647. The van der Waals surface area contributed by atoms with E-state index in [-0.39, 0.29) is 23.7 Å². The highest BCUT2D eigenvalue weighted by atomic mass is 16.5. The Morgan fingerprint density at radius 2 is 1.64 bits per heavy atom. The van der Waals surface area contributed by atoms with Crippen molar-refractivity contribution in [1.82, 2.24) is 4.90 Å². The molecule has 0 saturated carbocycles. The van der Waals surface area contributed by atoms with Gasteiger partial charge in [0.1, 0.15) is 5.78 Å². The molecule has 0 saturated heterocycles. The minimum Gasteiger partial charge on any atom is -0.384 e. The average molecular weight is 315 g/mol. The molecule has 0 rings (SSSR count). The molecule has 3 atom stereocenters. The van der Waals surface area contributed by atoms with E-state index in [0.29, 0.717) is 25.4 Å². The average Bonchev–Trinajstić information content (AvgIpc) is 2.46. The van der Waals surface area contributed by atoms with Gasteiger partial charge in [-0.15, -0.1) is 0 Å². The molecule has 132 valence electrons. The maximum absolute atomic E-state index is 12.0. The molecule has 0 fully saturated rings. The fraction of sp³-hybridized carbons (Fsp3) is 0.889. The molecule has 0 N–H and O–H groups in total. The number of carbonyl (C=O) groups excluding carboxylic acids is 2. The van der Waals surface area contributed by atoms with E-state index < -0.39 is 0 Å². The van der Waals surface area contributed by atoms with Gasteiger partial charge in [-0.25, -0.2) is 0 Å². The lowest BCUT2D eigenvalue weighted by Gasteiger charge is -2.38. The first-order valence-electron chi connectivity index (χ1n) is 8.54. The molecular weight excluding hydrogens is 278 g/mol. The van der Waals surface area contributed by atoms with Crippen LogP contribution in [0.1, 0.15) is 67.2 Å². The van der Waals surface area contributed by atoms with E-state index in [0.717, 1.165) is 6.42 Å². The number of amides is 1. The molecule has 0 aliphatic rings. The second-order valence-corrected chi connectivity index (χ2v) is 6.06. The number of ether oxygens (including phenoxy) is 1. The van der Waals surface area contributed by atoms with E-state index >= 15 is 0 Å². The van der Waals surface area contributed by atoms with Crippen LogP contribution in [-0.4, -0.2) is 43.4 Å². The monoisotopic (exact) mass is 315 g/mol. The fourth-order valence-corrected chi connectivity index (χ4v) is 2.68. The standard InChI is InChI=1S/C15H29NO3.C3H8/c1-7-11(3)15(16(5)14(18)8-2)13(10-19-6)9-12(4)17;1-3-2/h11,13,15H,7-10H2,1-6H3;3H2,1-2H3. The van der Waals surface area contributed by atoms with Crippen LogP contribution in [0.3, 0.4) is 0 Å². The number of hydrogen-bond acceptors (Lipinski definition) is 3. The smallest absolute Gasteiger partial charge is 0.222 e. The van der Waals surface area contributed by atoms with Crippen LogP contribution in [0.25, 0.3) is 0 Å². The topological polar surface area (TPSA) is 46.6 Å². The van der Waals surface area contributed by atoms with E-state index in [9.17, 15) is 9.59 Å². The van der Waals surface area contributed by atoms with Crippen LogP contribution in [0.2, 0.25) is 0 Å². The van der Waals surface area contributed by atoms with Gasteiger partial charge < -0.3 is 14.4 Å². The molecule has 0 aliphatic carbocycles. The minimum absolute atomic E-state index is 0.0568. The number of carbonyl (C=O) groups is 2. The molecule has 4 heteroatoms. The van der Waals surface area contributed by atoms with E-state index in [2.05, 4.69) is 27.7 Å². The zero-order valence-electron chi connectivity index (χ0n) is 15.9. The summed E-state index contributed by atoms with van der Waals surface area (Å²) in [7, 11) is 3.48. The highest BCUT2D eigenvalue weighted by Gasteiger charge is 2.32. The zero-order chi connectivity index (χ0) is 17.7. The number of ketones is 1. The van der Waals surface area contributed by atoms with Crippen LogP contribution in [-0.2, 0) is 14.3 Å².